The molecule has 0 amide bonds. The molecule has 0 radical (unpaired) electrons. The van der Waals surface area contributed by atoms with Crippen molar-refractivity contribution in [2.24, 2.45) is 17.3 Å². The standard InChI is InChI=1S/C19H29NO2/c1-19(2,3)16-11-9-14(10-12-16)13-20-17(18(21)22)15-7-5-4-6-8-15/h4-8,14,16-17,20H,9-13H2,1-3H3,(H,21,22)/t14?,16?,17-/m0/s1. The van der Waals surface area contributed by atoms with Crippen molar-refractivity contribution < 1.29 is 9.90 Å². The van der Waals surface area contributed by atoms with Crippen LogP contribution in [0.25, 0.3) is 0 Å². The lowest BCUT2D eigenvalue weighted by Crippen LogP contribution is -2.35. The molecule has 2 N–H and O–H groups in total. The summed E-state index contributed by atoms with van der Waals surface area (Å²) in [4.78, 5) is 11.5. The molecule has 1 aromatic rings. The fourth-order valence-corrected chi connectivity index (χ4v) is 3.51. The van der Waals surface area contributed by atoms with E-state index < -0.39 is 12.0 Å². The van der Waals surface area contributed by atoms with Crippen molar-refractivity contribution in [3.05, 3.63) is 35.9 Å². The number of carboxylic acids is 1. The maximum Gasteiger partial charge on any atom is 0.325 e. The third-order valence-corrected chi connectivity index (χ3v) is 5.06. The molecule has 0 unspecified atom stereocenters. The number of nitrogens with one attached hydrogen (secondary N) is 1. The molecule has 1 aromatic carbocycles. The van der Waals surface area contributed by atoms with Crippen LogP contribution < -0.4 is 5.32 Å². The number of benzene rings is 1. The van der Waals surface area contributed by atoms with Gasteiger partial charge in [0.15, 0.2) is 0 Å². The predicted molar refractivity (Wildman–Crippen MR) is 89.7 cm³/mol. The molecule has 2 rings (SSSR count). The van der Waals surface area contributed by atoms with E-state index >= 15 is 0 Å². The van der Waals surface area contributed by atoms with Gasteiger partial charge in [-0.05, 0) is 55.0 Å². The second-order valence-corrected chi connectivity index (χ2v) is 7.67. The molecular formula is C19H29NO2. The molecule has 22 heavy (non-hydrogen) atoms. The van der Waals surface area contributed by atoms with Crippen molar-refractivity contribution in [3.63, 3.8) is 0 Å². The van der Waals surface area contributed by atoms with Crippen LogP contribution in [0.5, 0.6) is 0 Å². The number of rotatable bonds is 5. The van der Waals surface area contributed by atoms with Crippen LogP contribution >= 0.6 is 0 Å². The van der Waals surface area contributed by atoms with Crippen LogP contribution in [-0.2, 0) is 4.79 Å². The summed E-state index contributed by atoms with van der Waals surface area (Å²) in [6.07, 6.45) is 4.93. The van der Waals surface area contributed by atoms with Crippen molar-refractivity contribution in [1.82, 2.24) is 5.32 Å². The topological polar surface area (TPSA) is 49.3 Å². The third-order valence-electron chi connectivity index (χ3n) is 5.06. The molecule has 0 heterocycles. The van der Waals surface area contributed by atoms with Crippen LogP contribution in [0.3, 0.4) is 0 Å². The summed E-state index contributed by atoms with van der Waals surface area (Å²) in [7, 11) is 0. The first kappa shape index (κ1) is 17.0. The van der Waals surface area contributed by atoms with E-state index in [9.17, 15) is 9.90 Å². The van der Waals surface area contributed by atoms with Gasteiger partial charge >= 0.3 is 5.97 Å². The lowest BCUT2D eigenvalue weighted by atomic mass is 9.70. The molecule has 1 atom stereocenters. The number of hydrogen-bond donors (Lipinski definition) is 2. The Bertz CT molecular complexity index is 470. The van der Waals surface area contributed by atoms with Gasteiger partial charge in [-0.25, -0.2) is 0 Å². The van der Waals surface area contributed by atoms with Crippen LogP contribution in [0.1, 0.15) is 58.1 Å². The van der Waals surface area contributed by atoms with Crippen LogP contribution in [0.4, 0.5) is 0 Å². The van der Waals surface area contributed by atoms with Gasteiger partial charge in [-0.1, -0.05) is 51.1 Å². The molecule has 0 aromatic heterocycles. The number of aliphatic carboxylic acids is 1. The lowest BCUT2D eigenvalue weighted by molar-refractivity contribution is -0.139. The van der Waals surface area contributed by atoms with Crippen molar-refractivity contribution >= 4 is 5.97 Å². The molecule has 3 heteroatoms. The highest BCUT2D eigenvalue weighted by Crippen LogP contribution is 2.39. The molecule has 1 aliphatic rings. The number of carbonyl (C=O) groups is 1. The summed E-state index contributed by atoms with van der Waals surface area (Å²) in [6.45, 7) is 7.77. The van der Waals surface area contributed by atoms with E-state index in [1.54, 1.807) is 0 Å². The molecule has 1 fully saturated rings. The van der Waals surface area contributed by atoms with Gasteiger partial charge in [-0.2, -0.15) is 0 Å². The quantitative estimate of drug-likeness (QED) is 0.854. The summed E-state index contributed by atoms with van der Waals surface area (Å²) < 4.78 is 0. The van der Waals surface area contributed by atoms with Crippen molar-refractivity contribution in [3.8, 4) is 0 Å². The van der Waals surface area contributed by atoms with Gasteiger partial charge in [0.05, 0.1) is 0 Å². The highest BCUT2D eigenvalue weighted by atomic mass is 16.4. The Morgan fingerprint density at radius 3 is 2.27 bits per heavy atom. The fourth-order valence-electron chi connectivity index (χ4n) is 3.51. The van der Waals surface area contributed by atoms with Crippen LogP contribution in [0.2, 0.25) is 0 Å². The molecule has 0 aliphatic heterocycles. The molecule has 0 spiro atoms. The Morgan fingerprint density at radius 1 is 1.18 bits per heavy atom. The van der Waals surface area contributed by atoms with E-state index in [-0.39, 0.29) is 0 Å². The Kier molecular flexibility index (Phi) is 5.63. The first-order valence-corrected chi connectivity index (χ1v) is 8.39. The zero-order chi connectivity index (χ0) is 16.2. The van der Waals surface area contributed by atoms with Gasteiger partial charge in [-0.15, -0.1) is 0 Å². The van der Waals surface area contributed by atoms with Crippen molar-refractivity contribution in [2.75, 3.05) is 6.54 Å². The van der Waals surface area contributed by atoms with Gasteiger partial charge in [0, 0.05) is 0 Å². The second kappa shape index (κ2) is 7.28. The van der Waals surface area contributed by atoms with E-state index in [4.69, 9.17) is 0 Å². The van der Waals surface area contributed by atoms with Gasteiger partial charge in [0.2, 0.25) is 0 Å². The minimum absolute atomic E-state index is 0.395. The number of hydrogen-bond acceptors (Lipinski definition) is 2. The Hall–Kier alpha value is -1.35. The maximum atomic E-state index is 11.5. The first-order valence-electron chi connectivity index (χ1n) is 8.39. The van der Waals surface area contributed by atoms with Gasteiger partial charge in [0.1, 0.15) is 6.04 Å². The van der Waals surface area contributed by atoms with Gasteiger partial charge in [-0.3, -0.25) is 4.79 Å². The average molecular weight is 303 g/mol. The van der Waals surface area contributed by atoms with Gasteiger partial charge in [0.25, 0.3) is 0 Å². The largest absolute Gasteiger partial charge is 0.480 e. The first-order chi connectivity index (χ1) is 10.4. The summed E-state index contributed by atoms with van der Waals surface area (Å²) in [6, 6.07) is 8.85. The predicted octanol–water partition coefficient (Wildman–Crippen LogP) is 4.25. The molecule has 0 saturated heterocycles. The highest BCUT2D eigenvalue weighted by Gasteiger charge is 2.30. The molecule has 1 aliphatic carbocycles. The summed E-state index contributed by atoms with van der Waals surface area (Å²) in [5.74, 6) is 0.604. The minimum Gasteiger partial charge on any atom is -0.480 e. The monoisotopic (exact) mass is 303 g/mol. The Labute approximate surface area is 134 Å². The van der Waals surface area contributed by atoms with E-state index in [1.165, 1.54) is 25.7 Å². The fraction of sp³-hybridized carbons (Fsp3) is 0.632. The highest BCUT2D eigenvalue weighted by molar-refractivity contribution is 5.75. The van der Waals surface area contributed by atoms with Crippen molar-refractivity contribution in [1.29, 1.82) is 0 Å². The smallest absolute Gasteiger partial charge is 0.325 e. The normalized spacial score (nSPS) is 24.0. The van der Waals surface area contributed by atoms with E-state index in [0.717, 1.165) is 18.0 Å². The summed E-state index contributed by atoms with van der Waals surface area (Å²) in [5.41, 5.74) is 1.23. The summed E-state index contributed by atoms with van der Waals surface area (Å²) >= 11 is 0. The Balaban J connectivity index is 1.86. The van der Waals surface area contributed by atoms with E-state index in [0.29, 0.717) is 11.3 Å². The lowest BCUT2D eigenvalue weighted by Gasteiger charge is -2.37. The third kappa shape index (κ3) is 4.57. The maximum absolute atomic E-state index is 11.5. The molecule has 0 bridgehead atoms. The minimum atomic E-state index is -0.797. The number of carboxylic acid groups (broad SMARTS) is 1. The van der Waals surface area contributed by atoms with Crippen LogP contribution in [0.15, 0.2) is 30.3 Å². The Morgan fingerprint density at radius 2 is 1.77 bits per heavy atom. The second-order valence-electron chi connectivity index (χ2n) is 7.67. The van der Waals surface area contributed by atoms with Gasteiger partial charge < -0.3 is 10.4 Å². The van der Waals surface area contributed by atoms with Crippen molar-refractivity contribution in [2.45, 2.75) is 52.5 Å². The molecular weight excluding hydrogens is 274 g/mol. The average Bonchev–Trinajstić information content (AvgIpc) is 2.48. The zero-order valence-electron chi connectivity index (χ0n) is 14.0. The zero-order valence-corrected chi connectivity index (χ0v) is 14.0. The van der Waals surface area contributed by atoms with E-state index in [1.807, 2.05) is 30.3 Å². The van der Waals surface area contributed by atoms with Crippen LogP contribution in [0, 0.1) is 17.3 Å². The van der Waals surface area contributed by atoms with Crippen LogP contribution in [-0.4, -0.2) is 17.6 Å². The summed E-state index contributed by atoms with van der Waals surface area (Å²) in [5, 5.41) is 12.7. The SMILES string of the molecule is CC(C)(C)C1CCC(CN[C@H](C(=O)O)c2ccccc2)CC1. The molecule has 3 nitrogen and oxygen atoms in total. The molecule has 1 saturated carbocycles. The van der Waals surface area contributed by atoms with E-state index in [2.05, 4.69) is 26.1 Å². The molecule has 122 valence electrons.